The summed E-state index contributed by atoms with van der Waals surface area (Å²) in [5, 5.41) is 10.0. The zero-order chi connectivity index (χ0) is 13.3. The Hall–Kier alpha value is -1.81. The van der Waals surface area contributed by atoms with Crippen molar-refractivity contribution in [1.82, 2.24) is 4.98 Å². The molecule has 0 atom stereocenters. The lowest BCUT2D eigenvalue weighted by molar-refractivity contribution is -0.139. The van der Waals surface area contributed by atoms with E-state index in [1.54, 1.807) is 18.2 Å². The van der Waals surface area contributed by atoms with Crippen LogP contribution in [0.15, 0.2) is 18.2 Å². The maximum Gasteiger partial charge on any atom is 0.341 e. The average molecular weight is 266 g/mol. The van der Waals surface area contributed by atoms with E-state index in [2.05, 4.69) is 4.98 Å². The molecule has 0 saturated carbocycles. The van der Waals surface area contributed by atoms with Gasteiger partial charge in [-0.3, -0.25) is 4.98 Å². The second-order valence-electron chi connectivity index (χ2n) is 4.01. The fourth-order valence-corrected chi connectivity index (χ4v) is 1.91. The van der Waals surface area contributed by atoms with Gasteiger partial charge in [-0.1, -0.05) is 11.6 Å². The molecule has 1 aromatic carbocycles. The molecule has 0 aliphatic carbocycles. The summed E-state index contributed by atoms with van der Waals surface area (Å²) in [5.41, 5.74) is 2.36. The van der Waals surface area contributed by atoms with Crippen LogP contribution < -0.4 is 4.74 Å². The Kier molecular flexibility index (Phi) is 3.39. The molecule has 0 amide bonds. The summed E-state index contributed by atoms with van der Waals surface area (Å²) >= 11 is 6.04. The average Bonchev–Trinajstić information content (AvgIpc) is 2.31. The second-order valence-corrected chi connectivity index (χ2v) is 4.42. The number of carbonyl (C=O) groups is 1. The van der Waals surface area contributed by atoms with Crippen molar-refractivity contribution in [1.29, 1.82) is 0 Å². The van der Waals surface area contributed by atoms with E-state index in [1.165, 1.54) is 0 Å². The maximum atomic E-state index is 10.6. The zero-order valence-corrected chi connectivity index (χ0v) is 10.8. The number of pyridine rings is 1. The highest BCUT2D eigenvalue weighted by Gasteiger charge is 2.10. The van der Waals surface area contributed by atoms with Gasteiger partial charge in [0.2, 0.25) is 0 Å². The number of nitrogens with zero attached hydrogens (tertiary/aromatic N) is 1. The summed E-state index contributed by atoms with van der Waals surface area (Å²) in [6.45, 7) is 3.33. The molecular formula is C13H12ClNO3. The molecule has 1 heterocycles. The van der Waals surface area contributed by atoms with Crippen molar-refractivity contribution in [2.45, 2.75) is 13.8 Å². The largest absolute Gasteiger partial charge is 0.481 e. The van der Waals surface area contributed by atoms with Crippen molar-refractivity contribution in [3.63, 3.8) is 0 Å². The number of hydrogen-bond acceptors (Lipinski definition) is 3. The SMILES string of the molecule is Cc1cc(OCC(=O)O)c2ccc(Cl)c(C)c2n1. The van der Waals surface area contributed by atoms with Crippen LogP contribution in [0, 0.1) is 13.8 Å². The lowest BCUT2D eigenvalue weighted by atomic mass is 10.1. The first-order chi connectivity index (χ1) is 8.49. The topological polar surface area (TPSA) is 59.4 Å². The summed E-state index contributed by atoms with van der Waals surface area (Å²) in [7, 11) is 0. The first-order valence-corrected chi connectivity index (χ1v) is 5.78. The fraction of sp³-hybridized carbons (Fsp3) is 0.231. The lowest BCUT2D eigenvalue weighted by Crippen LogP contribution is -2.10. The van der Waals surface area contributed by atoms with Gasteiger partial charge in [-0.2, -0.15) is 0 Å². The molecule has 5 heteroatoms. The van der Waals surface area contributed by atoms with E-state index in [0.29, 0.717) is 10.8 Å². The Bertz CT molecular complexity index is 625. The van der Waals surface area contributed by atoms with Crippen LogP contribution in [-0.2, 0) is 4.79 Å². The van der Waals surface area contributed by atoms with E-state index in [1.807, 2.05) is 13.8 Å². The molecule has 0 saturated heterocycles. The van der Waals surface area contributed by atoms with E-state index in [9.17, 15) is 4.79 Å². The summed E-state index contributed by atoms with van der Waals surface area (Å²) in [6, 6.07) is 5.26. The molecule has 2 rings (SSSR count). The van der Waals surface area contributed by atoms with Gasteiger partial charge in [0.25, 0.3) is 0 Å². The van der Waals surface area contributed by atoms with Gasteiger partial charge < -0.3 is 9.84 Å². The minimum atomic E-state index is -1.01. The molecule has 0 fully saturated rings. The molecule has 0 spiro atoms. The van der Waals surface area contributed by atoms with Crippen LogP contribution in [0.25, 0.3) is 10.9 Å². The van der Waals surface area contributed by atoms with E-state index in [-0.39, 0.29) is 6.61 Å². The smallest absolute Gasteiger partial charge is 0.341 e. The van der Waals surface area contributed by atoms with Gasteiger partial charge >= 0.3 is 5.97 Å². The predicted molar refractivity (Wildman–Crippen MR) is 69.4 cm³/mol. The summed E-state index contributed by atoms with van der Waals surface area (Å²) in [4.78, 5) is 15.0. The number of aliphatic carboxylic acids is 1. The molecule has 0 bridgehead atoms. The molecule has 1 N–H and O–H groups in total. The van der Waals surface area contributed by atoms with Crippen LogP contribution in [0.1, 0.15) is 11.3 Å². The van der Waals surface area contributed by atoms with Gasteiger partial charge in [-0.05, 0) is 31.5 Å². The monoisotopic (exact) mass is 265 g/mol. The maximum absolute atomic E-state index is 10.6. The zero-order valence-electron chi connectivity index (χ0n) is 10.0. The van der Waals surface area contributed by atoms with Crippen LogP contribution in [0.3, 0.4) is 0 Å². The van der Waals surface area contributed by atoms with Crippen LogP contribution in [0.2, 0.25) is 5.02 Å². The van der Waals surface area contributed by atoms with Crippen molar-refractivity contribution in [3.8, 4) is 5.75 Å². The van der Waals surface area contributed by atoms with E-state index in [4.69, 9.17) is 21.4 Å². The molecule has 0 unspecified atom stereocenters. The number of aryl methyl sites for hydroxylation is 2. The van der Waals surface area contributed by atoms with E-state index in [0.717, 1.165) is 22.2 Å². The van der Waals surface area contributed by atoms with Crippen LogP contribution in [-0.4, -0.2) is 22.7 Å². The van der Waals surface area contributed by atoms with E-state index >= 15 is 0 Å². The van der Waals surface area contributed by atoms with Gasteiger partial charge in [-0.25, -0.2) is 4.79 Å². The molecule has 0 radical (unpaired) electrons. The van der Waals surface area contributed by atoms with Gasteiger partial charge in [0.05, 0.1) is 5.52 Å². The second kappa shape index (κ2) is 4.82. The van der Waals surface area contributed by atoms with Crippen molar-refractivity contribution in [3.05, 3.63) is 34.5 Å². The van der Waals surface area contributed by atoms with Gasteiger partial charge in [-0.15, -0.1) is 0 Å². The number of hydrogen-bond donors (Lipinski definition) is 1. The number of carboxylic acids is 1. The third-order valence-corrected chi connectivity index (χ3v) is 3.02. The fourth-order valence-electron chi connectivity index (χ4n) is 1.75. The van der Waals surface area contributed by atoms with Gasteiger partial charge in [0, 0.05) is 22.2 Å². The molecule has 0 aliphatic heterocycles. The Morgan fingerprint density at radius 3 is 2.83 bits per heavy atom. The molecule has 2 aromatic rings. The van der Waals surface area contributed by atoms with Crippen LogP contribution in [0.4, 0.5) is 0 Å². The Balaban J connectivity index is 2.59. The number of fused-ring (bicyclic) bond motifs is 1. The Labute approximate surface area is 109 Å². The summed E-state index contributed by atoms with van der Waals surface area (Å²) in [6.07, 6.45) is 0. The van der Waals surface area contributed by atoms with Gasteiger partial charge in [0.1, 0.15) is 5.75 Å². The third kappa shape index (κ3) is 2.38. The number of carboxylic acid groups (broad SMARTS) is 1. The molecule has 18 heavy (non-hydrogen) atoms. The highest BCUT2D eigenvalue weighted by atomic mass is 35.5. The molecule has 1 aromatic heterocycles. The number of halogens is 1. The van der Waals surface area contributed by atoms with Crippen LogP contribution in [0.5, 0.6) is 5.75 Å². The standard InChI is InChI=1S/C13H12ClNO3/c1-7-5-11(18-6-12(16)17)9-3-4-10(14)8(2)13(9)15-7/h3-5H,6H2,1-2H3,(H,16,17). The normalized spacial score (nSPS) is 10.6. The molecule has 94 valence electrons. The predicted octanol–water partition coefficient (Wildman–Crippen LogP) is 2.97. The third-order valence-electron chi connectivity index (χ3n) is 2.61. The Morgan fingerprint density at radius 2 is 2.17 bits per heavy atom. The first-order valence-electron chi connectivity index (χ1n) is 5.40. The molecule has 4 nitrogen and oxygen atoms in total. The van der Waals surface area contributed by atoms with Crippen molar-refractivity contribution in [2.75, 3.05) is 6.61 Å². The highest BCUT2D eigenvalue weighted by Crippen LogP contribution is 2.31. The molecular weight excluding hydrogens is 254 g/mol. The van der Waals surface area contributed by atoms with Gasteiger partial charge in [0.15, 0.2) is 6.61 Å². The molecule has 0 aliphatic rings. The number of benzene rings is 1. The number of aromatic nitrogens is 1. The minimum absolute atomic E-state index is 0.375. The number of rotatable bonds is 3. The van der Waals surface area contributed by atoms with Crippen molar-refractivity contribution >= 4 is 28.5 Å². The van der Waals surface area contributed by atoms with Crippen LogP contribution >= 0.6 is 11.6 Å². The van der Waals surface area contributed by atoms with Crippen molar-refractivity contribution < 1.29 is 14.6 Å². The minimum Gasteiger partial charge on any atom is -0.481 e. The quantitative estimate of drug-likeness (QED) is 0.927. The summed E-state index contributed by atoms with van der Waals surface area (Å²) in [5.74, 6) is -0.497. The van der Waals surface area contributed by atoms with Crippen molar-refractivity contribution in [2.24, 2.45) is 0 Å². The van der Waals surface area contributed by atoms with E-state index < -0.39 is 5.97 Å². The Morgan fingerprint density at radius 1 is 1.44 bits per heavy atom. The summed E-state index contributed by atoms with van der Waals surface area (Å²) < 4.78 is 5.27. The first kappa shape index (κ1) is 12.6. The lowest BCUT2D eigenvalue weighted by Gasteiger charge is -2.10. The number of ether oxygens (including phenoxy) is 1. The highest BCUT2D eigenvalue weighted by molar-refractivity contribution is 6.32.